The van der Waals surface area contributed by atoms with Crippen LogP contribution < -0.4 is 10.9 Å². The number of hydrogen-bond donors (Lipinski definition) is 2. The number of alkyl halides is 3. The first kappa shape index (κ1) is 20.5. The zero-order valence-electron chi connectivity index (χ0n) is 15.6. The Morgan fingerprint density at radius 2 is 1.83 bits per heavy atom. The number of hydrogen-bond acceptors (Lipinski definition) is 4. The number of aromatic amines is 1. The summed E-state index contributed by atoms with van der Waals surface area (Å²) in [5, 5.41) is 3.06. The van der Waals surface area contributed by atoms with Crippen molar-refractivity contribution in [2.24, 2.45) is 0 Å². The molecule has 1 aromatic heterocycles. The Kier molecular flexibility index (Phi) is 5.97. The van der Waals surface area contributed by atoms with Gasteiger partial charge in [-0.3, -0.25) is 14.5 Å². The number of rotatable bonds is 6. The highest BCUT2D eigenvalue weighted by atomic mass is 19.4. The number of nitrogens with one attached hydrogen (secondary N) is 2. The topological polar surface area (TPSA) is 78.1 Å². The van der Waals surface area contributed by atoms with Gasteiger partial charge in [-0.15, -0.1) is 0 Å². The van der Waals surface area contributed by atoms with Gasteiger partial charge in [0.05, 0.1) is 29.6 Å². The number of benzene rings is 2. The van der Waals surface area contributed by atoms with E-state index in [1.165, 1.54) is 12.1 Å². The summed E-state index contributed by atoms with van der Waals surface area (Å²) >= 11 is 0. The molecule has 2 aromatic carbocycles. The van der Waals surface area contributed by atoms with Crippen LogP contribution in [0.5, 0.6) is 0 Å². The second-order valence-electron chi connectivity index (χ2n) is 6.46. The zero-order valence-corrected chi connectivity index (χ0v) is 15.6. The molecule has 1 heterocycles. The van der Waals surface area contributed by atoms with Gasteiger partial charge in [0.2, 0.25) is 5.91 Å². The third-order valence-electron chi connectivity index (χ3n) is 4.35. The van der Waals surface area contributed by atoms with Crippen LogP contribution in [0.4, 0.5) is 18.9 Å². The molecule has 0 atom stereocenters. The second kappa shape index (κ2) is 8.44. The number of anilines is 1. The smallest absolute Gasteiger partial charge is 0.325 e. The van der Waals surface area contributed by atoms with E-state index in [1.54, 1.807) is 29.2 Å². The Bertz CT molecular complexity index is 1060. The number of para-hydroxylation sites is 1. The summed E-state index contributed by atoms with van der Waals surface area (Å²) in [4.78, 5) is 33.3. The highest BCUT2D eigenvalue weighted by Crippen LogP contribution is 2.29. The van der Waals surface area contributed by atoms with Crippen molar-refractivity contribution in [2.45, 2.75) is 19.6 Å². The molecule has 6 nitrogen and oxygen atoms in total. The summed E-state index contributed by atoms with van der Waals surface area (Å²) in [6.07, 6.45) is -4.43. The third kappa shape index (κ3) is 5.20. The molecule has 0 bridgehead atoms. The molecule has 0 aliphatic carbocycles. The van der Waals surface area contributed by atoms with Crippen molar-refractivity contribution in [2.75, 3.05) is 18.4 Å². The van der Waals surface area contributed by atoms with Gasteiger partial charge in [-0.1, -0.05) is 19.1 Å². The molecule has 0 aliphatic heterocycles. The molecule has 9 heteroatoms. The fourth-order valence-electron chi connectivity index (χ4n) is 2.85. The molecule has 29 heavy (non-hydrogen) atoms. The summed E-state index contributed by atoms with van der Waals surface area (Å²) in [7, 11) is 0. The Hall–Kier alpha value is -3.20. The summed E-state index contributed by atoms with van der Waals surface area (Å²) in [6.45, 7) is 2.60. The molecular formula is C20H19F3N4O2. The lowest BCUT2D eigenvalue weighted by atomic mass is 10.2. The normalized spacial score (nSPS) is 11.8. The van der Waals surface area contributed by atoms with E-state index in [0.29, 0.717) is 23.3 Å². The number of H-pyrrole nitrogens is 1. The van der Waals surface area contributed by atoms with Crippen LogP contribution in [0.3, 0.4) is 0 Å². The van der Waals surface area contributed by atoms with E-state index < -0.39 is 11.7 Å². The minimum absolute atomic E-state index is 0.00589. The van der Waals surface area contributed by atoms with Crippen molar-refractivity contribution in [3.8, 4) is 0 Å². The number of carbonyl (C=O) groups is 1. The van der Waals surface area contributed by atoms with Gasteiger partial charge in [-0.2, -0.15) is 13.2 Å². The van der Waals surface area contributed by atoms with Crippen LogP contribution in [0.2, 0.25) is 0 Å². The van der Waals surface area contributed by atoms with Crippen molar-refractivity contribution in [3.05, 3.63) is 70.3 Å². The van der Waals surface area contributed by atoms with Crippen LogP contribution in [-0.4, -0.2) is 33.9 Å². The van der Waals surface area contributed by atoms with Crippen LogP contribution in [0.1, 0.15) is 18.3 Å². The molecule has 0 saturated carbocycles. The van der Waals surface area contributed by atoms with Gasteiger partial charge in [0.25, 0.3) is 5.56 Å². The summed E-state index contributed by atoms with van der Waals surface area (Å²) in [5.41, 5.74) is -0.194. The lowest BCUT2D eigenvalue weighted by Crippen LogP contribution is -2.33. The van der Waals surface area contributed by atoms with Gasteiger partial charge in [0, 0.05) is 5.69 Å². The van der Waals surface area contributed by atoms with E-state index in [1.807, 2.05) is 6.92 Å². The molecule has 0 saturated heterocycles. The summed E-state index contributed by atoms with van der Waals surface area (Å²) in [5.74, 6) is 0.0487. The van der Waals surface area contributed by atoms with Gasteiger partial charge in [-0.05, 0) is 42.9 Å². The predicted octanol–water partition coefficient (Wildman–Crippen LogP) is 3.40. The lowest BCUT2D eigenvalue weighted by molar-refractivity contribution is -0.137. The number of amides is 1. The predicted molar refractivity (Wildman–Crippen MR) is 103 cm³/mol. The maximum Gasteiger partial charge on any atom is 0.416 e. The van der Waals surface area contributed by atoms with Crippen molar-refractivity contribution in [3.63, 3.8) is 0 Å². The van der Waals surface area contributed by atoms with E-state index in [0.717, 1.165) is 12.1 Å². The maximum absolute atomic E-state index is 12.6. The van der Waals surface area contributed by atoms with Crippen LogP contribution in [0.25, 0.3) is 10.9 Å². The molecule has 152 valence electrons. The van der Waals surface area contributed by atoms with Gasteiger partial charge in [-0.25, -0.2) is 4.98 Å². The van der Waals surface area contributed by atoms with Gasteiger partial charge < -0.3 is 10.3 Å². The van der Waals surface area contributed by atoms with Gasteiger partial charge >= 0.3 is 6.18 Å². The number of halogens is 3. The van der Waals surface area contributed by atoms with Crippen LogP contribution >= 0.6 is 0 Å². The fraction of sp³-hybridized carbons (Fsp3) is 0.250. The van der Waals surface area contributed by atoms with Crippen LogP contribution in [-0.2, 0) is 17.5 Å². The monoisotopic (exact) mass is 404 g/mol. The standard InChI is InChI=1S/C20H19F3N4O2/c1-2-27(11-17-25-16-6-4-3-5-15(16)19(29)26-17)12-18(28)24-14-9-7-13(8-10-14)20(21,22)23/h3-10H,2,11-12H2,1H3,(H,24,28)(H,25,26,29). The molecule has 2 N–H and O–H groups in total. The third-order valence-corrected chi connectivity index (χ3v) is 4.35. The SMILES string of the molecule is CCN(CC(=O)Nc1ccc(C(F)(F)F)cc1)Cc1nc2ccccc2c(=O)[nH]1. The van der Waals surface area contributed by atoms with E-state index in [9.17, 15) is 22.8 Å². The zero-order chi connectivity index (χ0) is 21.0. The molecule has 3 rings (SSSR count). The summed E-state index contributed by atoms with van der Waals surface area (Å²) in [6, 6.07) is 11.2. The largest absolute Gasteiger partial charge is 0.416 e. The first-order valence-electron chi connectivity index (χ1n) is 8.93. The number of carbonyl (C=O) groups excluding carboxylic acids is 1. The first-order chi connectivity index (χ1) is 13.8. The molecule has 0 fully saturated rings. The second-order valence-corrected chi connectivity index (χ2v) is 6.46. The average Bonchev–Trinajstić information content (AvgIpc) is 2.67. The highest BCUT2D eigenvalue weighted by molar-refractivity contribution is 5.92. The Balaban J connectivity index is 1.65. The molecule has 3 aromatic rings. The maximum atomic E-state index is 12.6. The van der Waals surface area contributed by atoms with Crippen LogP contribution in [0.15, 0.2) is 53.3 Å². The highest BCUT2D eigenvalue weighted by Gasteiger charge is 2.30. The van der Waals surface area contributed by atoms with E-state index in [4.69, 9.17) is 0 Å². The lowest BCUT2D eigenvalue weighted by Gasteiger charge is -2.19. The van der Waals surface area contributed by atoms with Gasteiger partial charge in [0.1, 0.15) is 5.82 Å². The number of nitrogens with zero attached hydrogens (tertiary/aromatic N) is 2. The van der Waals surface area contributed by atoms with E-state index >= 15 is 0 Å². The quantitative estimate of drug-likeness (QED) is 0.660. The van der Waals surface area contributed by atoms with Crippen LogP contribution in [0, 0.1) is 0 Å². The van der Waals surface area contributed by atoms with Crippen molar-refractivity contribution in [1.29, 1.82) is 0 Å². The number of fused-ring (bicyclic) bond motifs is 1. The number of aromatic nitrogens is 2. The van der Waals surface area contributed by atoms with Crippen molar-refractivity contribution < 1.29 is 18.0 Å². The van der Waals surface area contributed by atoms with E-state index in [-0.39, 0.29) is 30.2 Å². The molecular weight excluding hydrogens is 385 g/mol. The minimum Gasteiger partial charge on any atom is -0.325 e. The Morgan fingerprint density at radius 1 is 1.14 bits per heavy atom. The Labute approximate surface area is 164 Å². The number of likely N-dealkylation sites (N-methyl/N-ethyl adjacent to an activating group) is 1. The fourth-order valence-corrected chi connectivity index (χ4v) is 2.85. The first-order valence-corrected chi connectivity index (χ1v) is 8.93. The van der Waals surface area contributed by atoms with Crippen molar-refractivity contribution in [1.82, 2.24) is 14.9 Å². The molecule has 0 radical (unpaired) electrons. The minimum atomic E-state index is -4.43. The molecule has 0 spiro atoms. The molecule has 0 unspecified atom stereocenters. The van der Waals surface area contributed by atoms with Crippen molar-refractivity contribution >= 4 is 22.5 Å². The molecule has 1 amide bonds. The van der Waals surface area contributed by atoms with Gasteiger partial charge in [0.15, 0.2) is 0 Å². The Morgan fingerprint density at radius 3 is 2.48 bits per heavy atom. The summed E-state index contributed by atoms with van der Waals surface area (Å²) < 4.78 is 37.8. The van der Waals surface area contributed by atoms with E-state index in [2.05, 4.69) is 15.3 Å². The average molecular weight is 404 g/mol. The molecule has 0 aliphatic rings.